The van der Waals surface area contributed by atoms with Crippen molar-refractivity contribution in [2.75, 3.05) is 39.3 Å². The van der Waals surface area contributed by atoms with Crippen molar-refractivity contribution in [3.63, 3.8) is 0 Å². The monoisotopic (exact) mass is 371 g/mol. The van der Waals surface area contributed by atoms with E-state index in [0.717, 1.165) is 45.6 Å². The number of carbonyl (C=O) groups excluding carboxylic acids is 2. The molecule has 1 aromatic rings. The van der Waals surface area contributed by atoms with E-state index in [0.29, 0.717) is 19.0 Å². The van der Waals surface area contributed by atoms with Gasteiger partial charge >= 0.3 is 0 Å². The van der Waals surface area contributed by atoms with Gasteiger partial charge in [0, 0.05) is 45.8 Å². The maximum atomic E-state index is 13.1. The van der Waals surface area contributed by atoms with Gasteiger partial charge in [-0.05, 0) is 38.2 Å². The molecule has 148 valence electrons. The zero-order chi connectivity index (χ0) is 19.4. The molecule has 3 rings (SSSR count). The maximum Gasteiger partial charge on any atom is 0.237 e. The van der Waals surface area contributed by atoms with Gasteiger partial charge < -0.3 is 9.80 Å². The molecule has 0 spiro atoms. The fourth-order valence-corrected chi connectivity index (χ4v) is 4.04. The Morgan fingerprint density at radius 3 is 1.96 bits per heavy atom. The number of hydrogen-bond donors (Lipinski definition) is 0. The quantitative estimate of drug-likeness (QED) is 0.764. The Labute approximate surface area is 163 Å². The molecule has 0 aromatic heterocycles. The molecular formula is C22H33N3O2. The Morgan fingerprint density at radius 2 is 1.41 bits per heavy atom. The molecule has 0 aliphatic carbocycles. The molecule has 0 bridgehead atoms. The molecule has 5 nitrogen and oxygen atoms in total. The number of hydrogen-bond acceptors (Lipinski definition) is 3. The summed E-state index contributed by atoms with van der Waals surface area (Å²) in [4.78, 5) is 32.2. The molecule has 2 amide bonds. The smallest absolute Gasteiger partial charge is 0.237 e. The van der Waals surface area contributed by atoms with Gasteiger partial charge in [0.2, 0.25) is 11.8 Å². The van der Waals surface area contributed by atoms with Gasteiger partial charge in [-0.1, -0.05) is 37.3 Å². The second-order valence-corrected chi connectivity index (χ2v) is 8.65. The number of rotatable bonds is 4. The van der Waals surface area contributed by atoms with E-state index in [-0.39, 0.29) is 11.8 Å². The van der Waals surface area contributed by atoms with Crippen molar-refractivity contribution in [3.8, 4) is 0 Å². The van der Waals surface area contributed by atoms with Crippen LogP contribution >= 0.6 is 0 Å². The Bertz CT molecular complexity index is 643. The standard InChI is InChI=1S/C22H33N3O2/c1-18-9-11-24(12-10-18)20(26)22(2,3)21(27)25-15-13-23(14-16-25)17-19-7-5-4-6-8-19/h4-8,18H,9-17H2,1-3H3. The third-order valence-corrected chi connectivity index (χ3v) is 6.05. The fraction of sp³-hybridized carbons (Fsp3) is 0.636. The van der Waals surface area contributed by atoms with Crippen LogP contribution in [0.5, 0.6) is 0 Å². The van der Waals surface area contributed by atoms with Crippen molar-refractivity contribution in [3.05, 3.63) is 35.9 Å². The predicted octanol–water partition coefficient (Wildman–Crippen LogP) is 2.62. The van der Waals surface area contributed by atoms with Gasteiger partial charge in [-0.3, -0.25) is 14.5 Å². The molecule has 0 N–H and O–H groups in total. The third kappa shape index (κ3) is 4.70. The normalized spacial score (nSPS) is 20.0. The lowest BCUT2D eigenvalue weighted by Crippen LogP contribution is -2.56. The van der Waals surface area contributed by atoms with Crippen LogP contribution in [0, 0.1) is 11.3 Å². The van der Waals surface area contributed by atoms with E-state index in [9.17, 15) is 9.59 Å². The van der Waals surface area contributed by atoms with Gasteiger partial charge in [0.25, 0.3) is 0 Å². The molecule has 2 aliphatic rings. The van der Waals surface area contributed by atoms with Crippen molar-refractivity contribution < 1.29 is 9.59 Å². The average molecular weight is 372 g/mol. The molecule has 0 unspecified atom stereocenters. The van der Waals surface area contributed by atoms with Gasteiger partial charge in [0.1, 0.15) is 5.41 Å². The molecule has 2 saturated heterocycles. The minimum Gasteiger partial charge on any atom is -0.342 e. The highest BCUT2D eigenvalue weighted by Gasteiger charge is 2.42. The van der Waals surface area contributed by atoms with Crippen molar-refractivity contribution in [1.82, 2.24) is 14.7 Å². The SMILES string of the molecule is CC1CCN(C(=O)C(C)(C)C(=O)N2CCN(Cc3ccccc3)CC2)CC1. The summed E-state index contributed by atoms with van der Waals surface area (Å²) in [5.41, 5.74) is 0.328. The van der Waals surface area contributed by atoms with Crippen LogP contribution in [0.4, 0.5) is 0 Å². The van der Waals surface area contributed by atoms with Crippen molar-refractivity contribution in [2.24, 2.45) is 11.3 Å². The molecule has 27 heavy (non-hydrogen) atoms. The lowest BCUT2D eigenvalue weighted by Gasteiger charge is -2.40. The minimum atomic E-state index is -0.970. The van der Waals surface area contributed by atoms with Gasteiger partial charge in [-0.25, -0.2) is 0 Å². The van der Waals surface area contributed by atoms with E-state index in [4.69, 9.17) is 0 Å². The summed E-state index contributed by atoms with van der Waals surface area (Å²) in [5, 5.41) is 0. The number of likely N-dealkylation sites (tertiary alicyclic amines) is 1. The van der Waals surface area contributed by atoms with E-state index in [2.05, 4.69) is 36.1 Å². The zero-order valence-electron chi connectivity index (χ0n) is 17.0. The first kappa shape index (κ1) is 19.9. The van der Waals surface area contributed by atoms with Gasteiger partial charge in [-0.15, -0.1) is 0 Å². The molecular weight excluding hydrogens is 338 g/mol. The Hall–Kier alpha value is -1.88. The summed E-state index contributed by atoms with van der Waals surface area (Å²) in [5.74, 6) is 0.641. The van der Waals surface area contributed by atoms with Crippen LogP contribution in [0.1, 0.15) is 39.2 Å². The van der Waals surface area contributed by atoms with Crippen LogP contribution in [-0.2, 0) is 16.1 Å². The molecule has 2 heterocycles. The highest BCUT2D eigenvalue weighted by molar-refractivity contribution is 6.04. The summed E-state index contributed by atoms with van der Waals surface area (Å²) >= 11 is 0. The van der Waals surface area contributed by atoms with Crippen LogP contribution in [0.15, 0.2) is 30.3 Å². The Balaban J connectivity index is 1.53. The Morgan fingerprint density at radius 1 is 0.889 bits per heavy atom. The number of nitrogens with zero attached hydrogens (tertiary/aromatic N) is 3. The number of piperidine rings is 1. The van der Waals surface area contributed by atoms with Crippen molar-refractivity contribution in [2.45, 2.75) is 40.2 Å². The van der Waals surface area contributed by atoms with E-state index in [1.54, 1.807) is 13.8 Å². The number of carbonyl (C=O) groups is 2. The van der Waals surface area contributed by atoms with Crippen LogP contribution in [0.3, 0.4) is 0 Å². The highest BCUT2D eigenvalue weighted by atomic mass is 16.2. The summed E-state index contributed by atoms with van der Waals surface area (Å²) in [6.07, 6.45) is 2.07. The molecule has 5 heteroatoms. The first-order valence-corrected chi connectivity index (χ1v) is 10.2. The topological polar surface area (TPSA) is 43.9 Å². The molecule has 1 aromatic carbocycles. The lowest BCUT2D eigenvalue weighted by atomic mass is 9.87. The summed E-state index contributed by atoms with van der Waals surface area (Å²) in [7, 11) is 0. The van der Waals surface area contributed by atoms with Crippen LogP contribution < -0.4 is 0 Å². The lowest BCUT2D eigenvalue weighted by molar-refractivity contribution is -0.156. The number of amides is 2. The maximum absolute atomic E-state index is 13.1. The predicted molar refractivity (Wildman–Crippen MR) is 107 cm³/mol. The first-order valence-electron chi connectivity index (χ1n) is 10.2. The van der Waals surface area contributed by atoms with Gasteiger partial charge in [0.05, 0.1) is 0 Å². The van der Waals surface area contributed by atoms with E-state index >= 15 is 0 Å². The molecule has 0 atom stereocenters. The third-order valence-electron chi connectivity index (χ3n) is 6.05. The molecule has 2 fully saturated rings. The van der Waals surface area contributed by atoms with Gasteiger partial charge in [0.15, 0.2) is 0 Å². The van der Waals surface area contributed by atoms with Crippen molar-refractivity contribution in [1.29, 1.82) is 0 Å². The molecule has 2 aliphatic heterocycles. The zero-order valence-corrected chi connectivity index (χ0v) is 17.0. The van der Waals surface area contributed by atoms with E-state index < -0.39 is 5.41 Å². The summed E-state index contributed by atoms with van der Waals surface area (Å²) in [6.45, 7) is 11.4. The highest BCUT2D eigenvalue weighted by Crippen LogP contribution is 2.26. The van der Waals surface area contributed by atoms with E-state index in [1.807, 2.05) is 15.9 Å². The second kappa shape index (κ2) is 8.42. The average Bonchev–Trinajstić information content (AvgIpc) is 2.69. The summed E-state index contributed by atoms with van der Waals surface area (Å²) < 4.78 is 0. The van der Waals surface area contributed by atoms with Crippen LogP contribution in [0.25, 0.3) is 0 Å². The number of piperazine rings is 1. The number of benzene rings is 1. The molecule has 0 radical (unpaired) electrons. The van der Waals surface area contributed by atoms with Gasteiger partial charge in [-0.2, -0.15) is 0 Å². The first-order chi connectivity index (χ1) is 12.9. The second-order valence-electron chi connectivity index (χ2n) is 8.65. The van der Waals surface area contributed by atoms with Crippen molar-refractivity contribution >= 4 is 11.8 Å². The fourth-order valence-electron chi connectivity index (χ4n) is 4.04. The minimum absolute atomic E-state index is 0.00823. The van der Waals surface area contributed by atoms with E-state index in [1.165, 1.54) is 5.56 Å². The van der Waals surface area contributed by atoms with Crippen LogP contribution in [-0.4, -0.2) is 65.8 Å². The summed E-state index contributed by atoms with van der Waals surface area (Å²) in [6, 6.07) is 10.4. The Kier molecular flexibility index (Phi) is 6.20. The largest absolute Gasteiger partial charge is 0.342 e. The molecule has 0 saturated carbocycles. The van der Waals surface area contributed by atoms with Crippen LogP contribution in [0.2, 0.25) is 0 Å².